The van der Waals surface area contributed by atoms with Gasteiger partial charge >= 0.3 is 0 Å². The van der Waals surface area contributed by atoms with E-state index in [4.69, 9.17) is 0 Å². The van der Waals surface area contributed by atoms with Crippen LogP contribution in [0.25, 0.3) is 0 Å². The number of amides is 1. The van der Waals surface area contributed by atoms with E-state index >= 15 is 0 Å². The summed E-state index contributed by atoms with van der Waals surface area (Å²) in [5, 5.41) is 3.32. The van der Waals surface area contributed by atoms with Crippen molar-refractivity contribution < 1.29 is 4.79 Å². The standard InChI is InChI=1S/C15H22N4O/c1-2-12-5-3-4-8-19(12)15(20)13-9-14(17-10-16-13)18-11-6-7-11/h9-12H,2-8H2,1H3,(H,16,17,18). The van der Waals surface area contributed by atoms with Crippen LogP contribution in [0.2, 0.25) is 0 Å². The summed E-state index contributed by atoms with van der Waals surface area (Å²) in [6, 6.07) is 2.69. The van der Waals surface area contributed by atoms with Crippen LogP contribution >= 0.6 is 0 Å². The average Bonchev–Trinajstić information content (AvgIpc) is 3.30. The van der Waals surface area contributed by atoms with Gasteiger partial charge in [-0.25, -0.2) is 9.97 Å². The lowest BCUT2D eigenvalue weighted by molar-refractivity contribution is 0.0602. The maximum Gasteiger partial charge on any atom is 0.272 e. The Morgan fingerprint density at radius 3 is 2.95 bits per heavy atom. The van der Waals surface area contributed by atoms with Gasteiger partial charge < -0.3 is 10.2 Å². The number of carbonyl (C=O) groups is 1. The fourth-order valence-electron chi connectivity index (χ4n) is 2.83. The fourth-order valence-corrected chi connectivity index (χ4v) is 2.83. The van der Waals surface area contributed by atoms with Gasteiger partial charge in [0, 0.05) is 24.7 Å². The highest BCUT2D eigenvalue weighted by molar-refractivity contribution is 5.93. The lowest BCUT2D eigenvalue weighted by atomic mass is 9.99. The zero-order chi connectivity index (χ0) is 13.9. The Hall–Kier alpha value is -1.65. The summed E-state index contributed by atoms with van der Waals surface area (Å²) in [7, 11) is 0. The van der Waals surface area contributed by atoms with E-state index in [-0.39, 0.29) is 5.91 Å². The van der Waals surface area contributed by atoms with E-state index in [2.05, 4.69) is 22.2 Å². The summed E-state index contributed by atoms with van der Waals surface area (Å²) >= 11 is 0. The summed E-state index contributed by atoms with van der Waals surface area (Å²) in [6.07, 6.45) is 8.32. The SMILES string of the molecule is CCC1CCCCN1C(=O)c1cc(NC2CC2)ncn1. The van der Waals surface area contributed by atoms with Crippen molar-refractivity contribution in [2.24, 2.45) is 0 Å². The predicted octanol–water partition coefficient (Wildman–Crippen LogP) is 2.46. The third-order valence-corrected chi connectivity index (χ3v) is 4.17. The van der Waals surface area contributed by atoms with Crippen LogP contribution in [0.3, 0.4) is 0 Å². The van der Waals surface area contributed by atoms with E-state index in [1.54, 1.807) is 6.07 Å². The van der Waals surface area contributed by atoms with Crippen molar-refractivity contribution >= 4 is 11.7 Å². The van der Waals surface area contributed by atoms with Crippen LogP contribution in [0.1, 0.15) is 55.9 Å². The Morgan fingerprint density at radius 1 is 1.35 bits per heavy atom. The van der Waals surface area contributed by atoms with Gasteiger partial charge in [0.15, 0.2) is 0 Å². The molecule has 1 amide bonds. The molecule has 2 aliphatic rings. The molecule has 0 spiro atoms. The molecule has 20 heavy (non-hydrogen) atoms. The molecule has 1 aliphatic heterocycles. The number of nitrogens with zero attached hydrogens (tertiary/aromatic N) is 3. The number of aromatic nitrogens is 2. The Labute approximate surface area is 119 Å². The van der Waals surface area contributed by atoms with Crippen molar-refractivity contribution in [3.8, 4) is 0 Å². The molecule has 5 heteroatoms. The topological polar surface area (TPSA) is 58.1 Å². The summed E-state index contributed by atoms with van der Waals surface area (Å²) in [5.74, 6) is 0.828. The van der Waals surface area contributed by atoms with Crippen molar-refractivity contribution in [3.05, 3.63) is 18.1 Å². The molecule has 0 aromatic carbocycles. The first-order valence-electron chi connectivity index (χ1n) is 7.67. The monoisotopic (exact) mass is 274 g/mol. The smallest absolute Gasteiger partial charge is 0.272 e. The van der Waals surface area contributed by atoms with Crippen LogP contribution in [-0.2, 0) is 0 Å². The van der Waals surface area contributed by atoms with Crippen molar-refractivity contribution in [2.75, 3.05) is 11.9 Å². The van der Waals surface area contributed by atoms with Gasteiger partial charge in [-0.05, 0) is 38.5 Å². The van der Waals surface area contributed by atoms with Crippen LogP contribution in [0.15, 0.2) is 12.4 Å². The second-order valence-corrected chi connectivity index (χ2v) is 5.76. The molecule has 1 N–H and O–H groups in total. The first kappa shape index (κ1) is 13.3. The number of carbonyl (C=O) groups excluding carboxylic acids is 1. The largest absolute Gasteiger partial charge is 0.367 e. The Balaban J connectivity index is 1.74. The second kappa shape index (κ2) is 5.77. The highest BCUT2D eigenvalue weighted by Crippen LogP contribution is 2.25. The van der Waals surface area contributed by atoms with Gasteiger partial charge in [-0.2, -0.15) is 0 Å². The van der Waals surface area contributed by atoms with Crippen molar-refractivity contribution in [1.82, 2.24) is 14.9 Å². The third-order valence-electron chi connectivity index (χ3n) is 4.17. The highest BCUT2D eigenvalue weighted by atomic mass is 16.2. The van der Waals surface area contributed by atoms with Gasteiger partial charge in [-0.1, -0.05) is 6.92 Å². The van der Waals surface area contributed by atoms with Gasteiger partial charge in [0.2, 0.25) is 0 Å². The highest BCUT2D eigenvalue weighted by Gasteiger charge is 2.27. The van der Waals surface area contributed by atoms with Crippen molar-refractivity contribution in [3.63, 3.8) is 0 Å². The van der Waals surface area contributed by atoms with Crippen molar-refractivity contribution in [2.45, 2.75) is 57.5 Å². The molecule has 2 fully saturated rings. The molecule has 5 nitrogen and oxygen atoms in total. The number of nitrogens with one attached hydrogen (secondary N) is 1. The molecular weight excluding hydrogens is 252 g/mol. The molecule has 0 radical (unpaired) electrons. The summed E-state index contributed by atoms with van der Waals surface area (Å²) in [6.45, 7) is 3.00. The predicted molar refractivity (Wildman–Crippen MR) is 77.6 cm³/mol. The molecule has 1 aromatic rings. The summed E-state index contributed by atoms with van der Waals surface area (Å²) in [4.78, 5) is 23.0. The van der Waals surface area contributed by atoms with Crippen LogP contribution < -0.4 is 5.32 Å². The first-order chi connectivity index (χ1) is 9.78. The molecule has 1 atom stereocenters. The molecule has 1 aromatic heterocycles. The molecule has 0 bridgehead atoms. The first-order valence-corrected chi connectivity index (χ1v) is 7.67. The van der Waals surface area contributed by atoms with Gasteiger partial charge in [0.1, 0.15) is 17.8 Å². The van der Waals surface area contributed by atoms with E-state index in [1.165, 1.54) is 25.6 Å². The van der Waals surface area contributed by atoms with Crippen LogP contribution in [0, 0.1) is 0 Å². The molecule has 3 rings (SSSR count). The zero-order valence-electron chi connectivity index (χ0n) is 12.0. The van der Waals surface area contributed by atoms with Gasteiger partial charge in [-0.3, -0.25) is 4.79 Å². The third kappa shape index (κ3) is 2.92. The number of hydrogen-bond donors (Lipinski definition) is 1. The molecule has 1 saturated carbocycles. The van der Waals surface area contributed by atoms with Gasteiger partial charge in [-0.15, -0.1) is 0 Å². The van der Waals surface area contributed by atoms with E-state index in [0.717, 1.165) is 31.6 Å². The minimum atomic E-state index is 0.0535. The van der Waals surface area contributed by atoms with Gasteiger partial charge in [0.05, 0.1) is 0 Å². The van der Waals surface area contributed by atoms with Crippen molar-refractivity contribution in [1.29, 1.82) is 0 Å². The second-order valence-electron chi connectivity index (χ2n) is 5.76. The summed E-state index contributed by atoms with van der Waals surface area (Å²) < 4.78 is 0. The van der Waals surface area contributed by atoms with E-state index in [0.29, 0.717) is 17.8 Å². The van der Waals surface area contributed by atoms with Crippen LogP contribution in [-0.4, -0.2) is 39.4 Å². The molecule has 2 heterocycles. The van der Waals surface area contributed by atoms with E-state index in [1.807, 2.05) is 4.90 Å². The molecule has 1 saturated heterocycles. The van der Waals surface area contributed by atoms with E-state index in [9.17, 15) is 4.79 Å². The molecule has 108 valence electrons. The molecule has 1 unspecified atom stereocenters. The maximum absolute atomic E-state index is 12.6. The van der Waals surface area contributed by atoms with Crippen LogP contribution in [0.4, 0.5) is 5.82 Å². The van der Waals surface area contributed by atoms with Gasteiger partial charge in [0.25, 0.3) is 5.91 Å². The number of hydrogen-bond acceptors (Lipinski definition) is 4. The lowest BCUT2D eigenvalue weighted by Gasteiger charge is -2.35. The maximum atomic E-state index is 12.6. The Kier molecular flexibility index (Phi) is 3.85. The minimum Gasteiger partial charge on any atom is -0.367 e. The Morgan fingerprint density at radius 2 is 2.20 bits per heavy atom. The number of anilines is 1. The Bertz CT molecular complexity index is 487. The number of piperidine rings is 1. The minimum absolute atomic E-state index is 0.0535. The van der Waals surface area contributed by atoms with Crippen LogP contribution in [0.5, 0.6) is 0 Å². The molecular formula is C15H22N4O. The fraction of sp³-hybridized carbons (Fsp3) is 0.667. The summed E-state index contributed by atoms with van der Waals surface area (Å²) in [5.41, 5.74) is 0.517. The zero-order valence-corrected chi connectivity index (χ0v) is 12.0. The van der Waals surface area contributed by atoms with E-state index < -0.39 is 0 Å². The number of rotatable bonds is 4. The quantitative estimate of drug-likeness (QED) is 0.916. The molecule has 1 aliphatic carbocycles. The average molecular weight is 274 g/mol. The number of likely N-dealkylation sites (tertiary alicyclic amines) is 1. The normalized spacial score (nSPS) is 22.6. The lowest BCUT2D eigenvalue weighted by Crippen LogP contribution is -2.43.